The molecule has 1 aromatic carbocycles. The molecule has 1 aliphatic rings. The smallest absolute Gasteiger partial charge is 0.254 e. The predicted octanol–water partition coefficient (Wildman–Crippen LogP) is 1.99. The number of benzene rings is 1. The molecule has 1 atom stereocenters. The minimum atomic E-state index is 0.154. The quantitative estimate of drug-likeness (QED) is 0.883. The van der Waals surface area contributed by atoms with Gasteiger partial charge in [-0.05, 0) is 44.2 Å². The van der Waals surface area contributed by atoms with Crippen LogP contribution in [-0.2, 0) is 0 Å². The second-order valence-corrected chi connectivity index (χ2v) is 5.13. The summed E-state index contributed by atoms with van der Waals surface area (Å²) in [4.78, 5) is 17.7. The fourth-order valence-corrected chi connectivity index (χ4v) is 2.90. The molecule has 4 nitrogen and oxygen atoms in total. The summed E-state index contributed by atoms with van der Waals surface area (Å²) in [5.74, 6) is 0.154. The van der Waals surface area contributed by atoms with Crippen molar-refractivity contribution in [1.82, 2.24) is 15.2 Å². The van der Waals surface area contributed by atoms with E-state index < -0.39 is 0 Å². The minimum absolute atomic E-state index is 0.154. The molecule has 0 aliphatic carbocycles. The van der Waals surface area contributed by atoms with E-state index in [9.17, 15) is 4.79 Å². The third-order valence-corrected chi connectivity index (χ3v) is 3.88. The van der Waals surface area contributed by atoms with Crippen LogP contribution in [0.4, 0.5) is 0 Å². The predicted molar refractivity (Wildman–Crippen MR) is 76.3 cm³/mol. The zero-order valence-electron chi connectivity index (χ0n) is 11.1. The first-order chi connectivity index (χ1) is 9.29. The Morgan fingerprint density at radius 3 is 3.21 bits per heavy atom. The number of fused-ring (bicyclic) bond motifs is 1. The van der Waals surface area contributed by atoms with Crippen molar-refractivity contribution < 1.29 is 4.79 Å². The SMILES string of the molecule is CNCC1CCCN1C(=O)c1ccc2[nH]ccc2c1. The Balaban J connectivity index is 1.86. The molecule has 1 unspecified atom stereocenters. The fourth-order valence-electron chi connectivity index (χ4n) is 2.90. The van der Waals surface area contributed by atoms with Gasteiger partial charge in [0.15, 0.2) is 0 Å². The van der Waals surface area contributed by atoms with Crippen LogP contribution < -0.4 is 5.32 Å². The molecule has 0 saturated carbocycles. The molecule has 19 heavy (non-hydrogen) atoms. The van der Waals surface area contributed by atoms with Gasteiger partial charge in [-0.15, -0.1) is 0 Å². The van der Waals surface area contributed by atoms with E-state index >= 15 is 0 Å². The second kappa shape index (κ2) is 5.05. The van der Waals surface area contributed by atoms with Crippen LogP contribution >= 0.6 is 0 Å². The molecule has 0 spiro atoms. The molecule has 100 valence electrons. The van der Waals surface area contributed by atoms with E-state index in [2.05, 4.69) is 10.3 Å². The summed E-state index contributed by atoms with van der Waals surface area (Å²) in [6.07, 6.45) is 4.10. The number of hydrogen-bond acceptors (Lipinski definition) is 2. The number of hydrogen-bond donors (Lipinski definition) is 2. The largest absolute Gasteiger partial charge is 0.361 e. The molecular weight excluding hydrogens is 238 g/mol. The molecule has 1 fully saturated rings. The molecule has 2 N–H and O–H groups in total. The monoisotopic (exact) mass is 257 g/mol. The summed E-state index contributed by atoms with van der Waals surface area (Å²) in [5, 5.41) is 4.27. The molecule has 1 aliphatic heterocycles. The summed E-state index contributed by atoms with van der Waals surface area (Å²) < 4.78 is 0. The number of carbonyl (C=O) groups is 1. The number of aromatic amines is 1. The van der Waals surface area contributed by atoms with Crippen LogP contribution in [0.3, 0.4) is 0 Å². The maximum atomic E-state index is 12.6. The summed E-state index contributed by atoms with van der Waals surface area (Å²) in [5.41, 5.74) is 1.86. The number of H-pyrrole nitrogens is 1. The topological polar surface area (TPSA) is 48.1 Å². The Labute approximate surface area is 112 Å². The standard InChI is InChI=1S/C15H19N3O/c1-16-10-13-3-2-8-18(13)15(19)12-4-5-14-11(9-12)6-7-17-14/h4-7,9,13,16-17H,2-3,8,10H2,1H3. The number of amides is 1. The Morgan fingerprint density at radius 2 is 2.37 bits per heavy atom. The molecule has 0 radical (unpaired) electrons. The van der Waals surface area contributed by atoms with Crippen LogP contribution in [-0.4, -0.2) is 42.0 Å². The Bertz CT molecular complexity index is 590. The van der Waals surface area contributed by atoms with Crippen LogP contribution in [0.25, 0.3) is 10.9 Å². The van der Waals surface area contributed by atoms with Gasteiger partial charge in [-0.3, -0.25) is 4.79 Å². The third kappa shape index (κ3) is 2.24. The number of nitrogens with zero attached hydrogens (tertiary/aromatic N) is 1. The molecule has 0 bridgehead atoms. The van der Waals surface area contributed by atoms with Crippen molar-refractivity contribution in [3.05, 3.63) is 36.0 Å². The van der Waals surface area contributed by atoms with Gasteiger partial charge in [0.2, 0.25) is 0 Å². The average molecular weight is 257 g/mol. The summed E-state index contributed by atoms with van der Waals surface area (Å²) >= 11 is 0. The van der Waals surface area contributed by atoms with Gasteiger partial charge in [0.1, 0.15) is 0 Å². The number of rotatable bonds is 3. The maximum absolute atomic E-state index is 12.6. The molecule has 2 aromatic rings. The van der Waals surface area contributed by atoms with Gasteiger partial charge in [-0.25, -0.2) is 0 Å². The molecule has 1 saturated heterocycles. The lowest BCUT2D eigenvalue weighted by Crippen LogP contribution is -2.40. The molecule has 2 heterocycles. The Hall–Kier alpha value is -1.81. The minimum Gasteiger partial charge on any atom is -0.361 e. The van der Waals surface area contributed by atoms with Gasteiger partial charge in [-0.1, -0.05) is 0 Å². The highest BCUT2D eigenvalue weighted by atomic mass is 16.2. The van der Waals surface area contributed by atoms with E-state index in [0.29, 0.717) is 6.04 Å². The zero-order chi connectivity index (χ0) is 13.2. The van der Waals surface area contributed by atoms with E-state index in [1.54, 1.807) is 0 Å². The lowest BCUT2D eigenvalue weighted by Gasteiger charge is -2.24. The van der Waals surface area contributed by atoms with Crippen molar-refractivity contribution in [2.45, 2.75) is 18.9 Å². The Morgan fingerprint density at radius 1 is 1.47 bits per heavy atom. The normalized spacial score (nSPS) is 19.2. The van der Waals surface area contributed by atoms with Gasteiger partial charge in [-0.2, -0.15) is 0 Å². The maximum Gasteiger partial charge on any atom is 0.254 e. The average Bonchev–Trinajstić information content (AvgIpc) is 3.05. The molecule has 1 aromatic heterocycles. The van der Waals surface area contributed by atoms with Crippen molar-refractivity contribution in [3.63, 3.8) is 0 Å². The first kappa shape index (κ1) is 12.2. The lowest BCUT2D eigenvalue weighted by molar-refractivity contribution is 0.0737. The number of likely N-dealkylation sites (tertiary alicyclic amines) is 1. The number of aromatic nitrogens is 1. The van der Waals surface area contributed by atoms with Crippen LogP contribution in [0.5, 0.6) is 0 Å². The van der Waals surface area contributed by atoms with Crippen molar-refractivity contribution in [2.24, 2.45) is 0 Å². The first-order valence-electron chi connectivity index (χ1n) is 6.82. The van der Waals surface area contributed by atoms with Crippen molar-refractivity contribution in [3.8, 4) is 0 Å². The van der Waals surface area contributed by atoms with E-state index in [1.165, 1.54) is 0 Å². The van der Waals surface area contributed by atoms with Crippen LogP contribution in [0.2, 0.25) is 0 Å². The Kier molecular flexibility index (Phi) is 3.25. The number of nitrogens with one attached hydrogen (secondary N) is 2. The van der Waals surface area contributed by atoms with E-state index in [1.807, 2.05) is 42.4 Å². The molecule has 1 amide bonds. The van der Waals surface area contributed by atoms with E-state index in [0.717, 1.165) is 42.4 Å². The summed E-state index contributed by atoms with van der Waals surface area (Å²) in [7, 11) is 1.94. The van der Waals surface area contributed by atoms with Crippen LogP contribution in [0.15, 0.2) is 30.5 Å². The van der Waals surface area contributed by atoms with Gasteiger partial charge in [0.05, 0.1) is 0 Å². The van der Waals surface area contributed by atoms with Gasteiger partial charge >= 0.3 is 0 Å². The van der Waals surface area contributed by atoms with Crippen molar-refractivity contribution >= 4 is 16.8 Å². The van der Waals surface area contributed by atoms with E-state index in [-0.39, 0.29) is 5.91 Å². The molecule has 4 heteroatoms. The van der Waals surface area contributed by atoms with Gasteiger partial charge in [0, 0.05) is 41.8 Å². The third-order valence-electron chi connectivity index (χ3n) is 3.88. The highest BCUT2D eigenvalue weighted by molar-refractivity contribution is 5.98. The fraction of sp³-hybridized carbons (Fsp3) is 0.400. The van der Waals surface area contributed by atoms with Crippen molar-refractivity contribution in [1.29, 1.82) is 0 Å². The summed E-state index contributed by atoms with van der Waals surface area (Å²) in [6, 6.07) is 8.20. The summed E-state index contributed by atoms with van der Waals surface area (Å²) in [6.45, 7) is 1.74. The number of likely N-dealkylation sites (N-methyl/N-ethyl adjacent to an activating group) is 1. The highest BCUT2D eigenvalue weighted by Crippen LogP contribution is 2.21. The molecule has 3 rings (SSSR count). The lowest BCUT2D eigenvalue weighted by atomic mass is 10.1. The molecular formula is C15H19N3O. The van der Waals surface area contributed by atoms with Crippen molar-refractivity contribution in [2.75, 3.05) is 20.1 Å². The van der Waals surface area contributed by atoms with E-state index in [4.69, 9.17) is 0 Å². The first-order valence-corrected chi connectivity index (χ1v) is 6.82. The van der Waals surface area contributed by atoms with Crippen LogP contribution in [0, 0.1) is 0 Å². The van der Waals surface area contributed by atoms with Gasteiger partial charge in [0.25, 0.3) is 5.91 Å². The second-order valence-electron chi connectivity index (χ2n) is 5.13. The van der Waals surface area contributed by atoms with Crippen LogP contribution in [0.1, 0.15) is 23.2 Å². The number of carbonyl (C=O) groups excluding carboxylic acids is 1. The highest BCUT2D eigenvalue weighted by Gasteiger charge is 2.28. The zero-order valence-corrected chi connectivity index (χ0v) is 11.1. The van der Waals surface area contributed by atoms with Gasteiger partial charge < -0.3 is 15.2 Å².